The molecule has 0 saturated carbocycles. The number of halogens is 3. The fraction of sp³-hybridized carbons (Fsp3) is 0.533. The number of amides is 1. The zero-order valence-electron chi connectivity index (χ0n) is 14.3. The molecule has 0 bridgehead atoms. The van der Waals surface area contributed by atoms with Gasteiger partial charge in [0.05, 0.1) is 6.20 Å². The van der Waals surface area contributed by atoms with Crippen LogP contribution in [0.25, 0.3) is 0 Å². The van der Waals surface area contributed by atoms with Crippen LogP contribution in [0.1, 0.15) is 41.6 Å². The van der Waals surface area contributed by atoms with Crippen molar-refractivity contribution in [2.24, 2.45) is 0 Å². The highest BCUT2D eigenvalue weighted by molar-refractivity contribution is 5.92. The average molecular weight is 369 g/mol. The largest absolute Gasteiger partial charge is 0.433 e. The molecule has 0 unspecified atom stereocenters. The number of nitrogens with zero attached hydrogens (tertiary/aromatic N) is 6. The topological polar surface area (TPSA) is 90.9 Å². The first kappa shape index (κ1) is 18.1. The van der Waals surface area contributed by atoms with E-state index in [-0.39, 0.29) is 23.5 Å². The Morgan fingerprint density at radius 3 is 2.42 bits per heavy atom. The number of carbonyl (C=O) groups is 1. The Morgan fingerprint density at radius 1 is 1.19 bits per heavy atom. The van der Waals surface area contributed by atoms with E-state index < -0.39 is 11.9 Å². The van der Waals surface area contributed by atoms with E-state index in [4.69, 9.17) is 0 Å². The Kier molecular flexibility index (Phi) is 4.79. The van der Waals surface area contributed by atoms with Crippen LogP contribution >= 0.6 is 0 Å². The molecule has 0 radical (unpaired) electrons. The Balaban J connectivity index is 1.76. The van der Waals surface area contributed by atoms with Crippen molar-refractivity contribution < 1.29 is 18.0 Å². The lowest BCUT2D eigenvalue weighted by Crippen LogP contribution is -2.49. The average Bonchev–Trinajstić information content (AvgIpc) is 3.14. The lowest BCUT2D eigenvalue weighted by atomic mass is 10.1. The van der Waals surface area contributed by atoms with Gasteiger partial charge in [-0.2, -0.15) is 28.6 Å². The third-order valence-electron chi connectivity index (χ3n) is 4.10. The first-order valence-corrected chi connectivity index (χ1v) is 8.12. The number of rotatable bonds is 3. The molecular weight excluding hydrogens is 351 g/mol. The van der Waals surface area contributed by atoms with Crippen LogP contribution in [-0.4, -0.2) is 62.4 Å². The third-order valence-corrected chi connectivity index (χ3v) is 4.10. The maximum atomic E-state index is 13.1. The fourth-order valence-electron chi connectivity index (χ4n) is 2.61. The summed E-state index contributed by atoms with van der Waals surface area (Å²) < 4.78 is 39.4. The standard InChI is InChI=1S/C15H18F3N7O/c1-9(2)10-7-12(15(16,17)18)21-14(20-10)25-5-3-24(4-6-25)13(26)11-8-19-23-22-11/h7-9H,3-6H2,1-2H3,(H,19,22,23). The molecule has 1 saturated heterocycles. The van der Waals surface area contributed by atoms with Crippen LogP contribution in [0.2, 0.25) is 0 Å². The molecule has 0 spiro atoms. The van der Waals surface area contributed by atoms with Crippen LogP contribution < -0.4 is 4.90 Å². The summed E-state index contributed by atoms with van der Waals surface area (Å²) >= 11 is 0. The summed E-state index contributed by atoms with van der Waals surface area (Å²) in [6.07, 6.45) is -3.20. The van der Waals surface area contributed by atoms with Gasteiger partial charge in [-0.15, -0.1) is 0 Å². The predicted molar refractivity (Wildman–Crippen MR) is 85.6 cm³/mol. The van der Waals surface area contributed by atoms with E-state index >= 15 is 0 Å². The summed E-state index contributed by atoms with van der Waals surface area (Å²) in [5.74, 6) is -0.392. The molecular formula is C15H18F3N7O. The monoisotopic (exact) mass is 369 g/mol. The van der Waals surface area contributed by atoms with Gasteiger partial charge in [-0.1, -0.05) is 13.8 Å². The minimum Gasteiger partial charge on any atom is -0.337 e. The number of nitrogens with one attached hydrogen (secondary N) is 1. The molecule has 1 aliphatic heterocycles. The zero-order valence-corrected chi connectivity index (χ0v) is 14.3. The van der Waals surface area contributed by atoms with Crippen LogP contribution in [0, 0.1) is 0 Å². The summed E-state index contributed by atoms with van der Waals surface area (Å²) in [7, 11) is 0. The third kappa shape index (κ3) is 3.75. The van der Waals surface area contributed by atoms with E-state index in [1.165, 1.54) is 6.20 Å². The molecule has 2 aromatic heterocycles. The van der Waals surface area contributed by atoms with E-state index in [1.807, 2.05) is 0 Å². The van der Waals surface area contributed by atoms with Crippen LogP contribution in [0.3, 0.4) is 0 Å². The smallest absolute Gasteiger partial charge is 0.337 e. The van der Waals surface area contributed by atoms with Crippen molar-refractivity contribution in [1.29, 1.82) is 0 Å². The van der Waals surface area contributed by atoms with Crippen molar-refractivity contribution in [2.45, 2.75) is 25.9 Å². The molecule has 3 heterocycles. The normalized spacial score (nSPS) is 15.6. The molecule has 8 nitrogen and oxygen atoms in total. The van der Waals surface area contributed by atoms with Crippen LogP contribution in [0.5, 0.6) is 0 Å². The Hall–Kier alpha value is -2.72. The lowest BCUT2D eigenvalue weighted by Gasteiger charge is -2.34. The summed E-state index contributed by atoms with van der Waals surface area (Å²) in [5, 5.41) is 9.72. The Morgan fingerprint density at radius 2 is 1.88 bits per heavy atom. The zero-order chi connectivity index (χ0) is 18.9. The van der Waals surface area contributed by atoms with Crippen LogP contribution in [0.4, 0.5) is 19.1 Å². The van der Waals surface area contributed by atoms with Gasteiger partial charge in [0.15, 0.2) is 5.69 Å². The van der Waals surface area contributed by atoms with Gasteiger partial charge in [0.2, 0.25) is 5.95 Å². The first-order valence-electron chi connectivity index (χ1n) is 8.12. The molecule has 0 aliphatic carbocycles. The van der Waals surface area contributed by atoms with Gasteiger partial charge in [-0.25, -0.2) is 9.97 Å². The van der Waals surface area contributed by atoms with E-state index in [1.54, 1.807) is 23.6 Å². The SMILES string of the molecule is CC(C)c1cc(C(F)(F)F)nc(N2CCN(C(=O)c3cn[nH]n3)CC2)n1. The molecule has 3 rings (SSSR count). The number of alkyl halides is 3. The Bertz CT molecular complexity index is 768. The minimum absolute atomic E-state index is 0.0389. The second kappa shape index (κ2) is 6.89. The van der Waals surface area contributed by atoms with Gasteiger partial charge >= 0.3 is 6.18 Å². The van der Waals surface area contributed by atoms with Crippen LogP contribution in [-0.2, 0) is 6.18 Å². The molecule has 140 valence electrons. The number of hydrogen-bond donors (Lipinski definition) is 1. The van der Waals surface area contributed by atoms with Gasteiger partial charge in [0.25, 0.3) is 5.91 Å². The molecule has 1 N–H and O–H groups in total. The van der Waals surface area contributed by atoms with Crippen LogP contribution in [0.15, 0.2) is 12.3 Å². The maximum absolute atomic E-state index is 13.1. The highest BCUT2D eigenvalue weighted by atomic mass is 19.4. The number of H-pyrrole nitrogens is 1. The van der Waals surface area contributed by atoms with Crippen molar-refractivity contribution in [2.75, 3.05) is 31.1 Å². The number of aromatic nitrogens is 5. The quantitative estimate of drug-likeness (QED) is 0.886. The van der Waals surface area contributed by atoms with E-state index in [0.29, 0.717) is 31.9 Å². The number of hydrogen-bond acceptors (Lipinski definition) is 6. The van der Waals surface area contributed by atoms with E-state index in [2.05, 4.69) is 25.4 Å². The van der Waals surface area contributed by atoms with E-state index in [0.717, 1.165) is 6.07 Å². The minimum atomic E-state index is -4.54. The predicted octanol–water partition coefficient (Wildman–Crippen LogP) is 1.70. The maximum Gasteiger partial charge on any atom is 0.433 e. The fourth-order valence-corrected chi connectivity index (χ4v) is 2.61. The summed E-state index contributed by atoms with van der Waals surface area (Å²) in [5.41, 5.74) is -0.411. The van der Waals surface area contributed by atoms with Gasteiger partial charge in [-0.05, 0) is 12.0 Å². The first-order chi connectivity index (χ1) is 12.3. The highest BCUT2D eigenvalue weighted by Gasteiger charge is 2.35. The number of carbonyl (C=O) groups excluding carboxylic acids is 1. The van der Waals surface area contributed by atoms with Crippen molar-refractivity contribution >= 4 is 11.9 Å². The molecule has 1 aliphatic rings. The summed E-state index contributed by atoms with van der Waals surface area (Å²) in [4.78, 5) is 23.4. The molecule has 0 atom stereocenters. The van der Waals surface area contributed by atoms with Crippen molar-refractivity contribution in [1.82, 2.24) is 30.3 Å². The molecule has 26 heavy (non-hydrogen) atoms. The molecule has 1 fully saturated rings. The van der Waals surface area contributed by atoms with Gasteiger partial charge in [-0.3, -0.25) is 4.79 Å². The second-order valence-electron chi connectivity index (χ2n) is 6.27. The highest BCUT2D eigenvalue weighted by Crippen LogP contribution is 2.30. The molecule has 0 aromatic carbocycles. The number of aromatic amines is 1. The lowest BCUT2D eigenvalue weighted by molar-refractivity contribution is -0.141. The Labute approximate surface area is 147 Å². The van der Waals surface area contributed by atoms with Crippen molar-refractivity contribution in [3.63, 3.8) is 0 Å². The summed E-state index contributed by atoms with van der Waals surface area (Å²) in [6.45, 7) is 4.90. The molecule has 1 amide bonds. The second-order valence-corrected chi connectivity index (χ2v) is 6.27. The van der Waals surface area contributed by atoms with E-state index in [9.17, 15) is 18.0 Å². The van der Waals surface area contributed by atoms with Gasteiger partial charge in [0, 0.05) is 31.9 Å². The van der Waals surface area contributed by atoms with Crippen molar-refractivity contribution in [3.05, 3.63) is 29.3 Å². The van der Waals surface area contributed by atoms with Gasteiger partial charge in [0.1, 0.15) is 5.69 Å². The summed E-state index contributed by atoms with van der Waals surface area (Å²) in [6, 6.07) is 0.985. The van der Waals surface area contributed by atoms with Crippen molar-refractivity contribution in [3.8, 4) is 0 Å². The molecule has 11 heteroatoms. The molecule has 2 aromatic rings. The van der Waals surface area contributed by atoms with Gasteiger partial charge < -0.3 is 9.80 Å². The number of anilines is 1. The number of piperazine rings is 1.